The Balaban J connectivity index is 1.45. The summed E-state index contributed by atoms with van der Waals surface area (Å²) in [5.74, 6) is 1.47. The Kier molecular flexibility index (Phi) is 5.95. The zero-order valence-corrected chi connectivity index (χ0v) is 16.9. The second-order valence-corrected chi connectivity index (χ2v) is 7.90. The van der Waals surface area contributed by atoms with Crippen molar-refractivity contribution in [2.24, 2.45) is 0 Å². The zero-order valence-electron chi connectivity index (χ0n) is 15.4. The van der Waals surface area contributed by atoms with Gasteiger partial charge in [0.1, 0.15) is 0 Å². The first-order valence-electron chi connectivity index (χ1n) is 9.48. The van der Waals surface area contributed by atoms with Crippen LogP contribution in [0.3, 0.4) is 0 Å². The maximum Gasteiger partial charge on any atom is 0.238 e. The highest BCUT2D eigenvalue weighted by Crippen LogP contribution is 2.37. The van der Waals surface area contributed by atoms with Crippen molar-refractivity contribution in [1.29, 1.82) is 0 Å². The first kappa shape index (κ1) is 19.4. The third kappa shape index (κ3) is 4.37. The van der Waals surface area contributed by atoms with E-state index in [0.717, 1.165) is 42.9 Å². The van der Waals surface area contributed by atoms with Crippen molar-refractivity contribution in [3.8, 4) is 11.5 Å². The van der Waals surface area contributed by atoms with Crippen molar-refractivity contribution >= 4 is 34.8 Å². The molecule has 1 saturated heterocycles. The molecule has 0 spiro atoms. The van der Waals surface area contributed by atoms with E-state index in [1.54, 1.807) is 18.2 Å². The predicted octanol–water partition coefficient (Wildman–Crippen LogP) is 4.93. The molecular weight excluding hydrogens is 399 g/mol. The first-order valence-corrected chi connectivity index (χ1v) is 10.2. The van der Waals surface area contributed by atoms with Crippen LogP contribution in [0.15, 0.2) is 36.4 Å². The average molecular weight is 421 g/mol. The van der Waals surface area contributed by atoms with Gasteiger partial charge >= 0.3 is 0 Å². The number of rotatable bonds is 4. The third-order valence-electron chi connectivity index (χ3n) is 5.07. The fourth-order valence-corrected chi connectivity index (χ4v) is 4.08. The Labute approximate surface area is 174 Å². The number of halogens is 2. The maximum atomic E-state index is 12.6. The van der Waals surface area contributed by atoms with Gasteiger partial charge in [-0.05, 0) is 55.3 Å². The number of hydrogen-bond donors (Lipinski definition) is 1. The highest BCUT2D eigenvalue weighted by atomic mass is 35.5. The van der Waals surface area contributed by atoms with Crippen molar-refractivity contribution in [1.82, 2.24) is 4.90 Å². The Bertz CT molecular complexity index is 875. The summed E-state index contributed by atoms with van der Waals surface area (Å²) in [7, 11) is 0. The molecule has 2 aromatic rings. The second-order valence-electron chi connectivity index (χ2n) is 7.06. The molecule has 2 heterocycles. The Hall–Kier alpha value is -1.95. The summed E-state index contributed by atoms with van der Waals surface area (Å²) in [5, 5.41) is 3.87. The lowest BCUT2D eigenvalue weighted by Gasteiger charge is -2.25. The molecule has 1 unspecified atom stereocenters. The van der Waals surface area contributed by atoms with Gasteiger partial charge in [-0.25, -0.2) is 0 Å². The van der Waals surface area contributed by atoms with Gasteiger partial charge in [-0.15, -0.1) is 0 Å². The minimum atomic E-state index is -0.106. The minimum absolute atomic E-state index is 0.106. The summed E-state index contributed by atoms with van der Waals surface area (Å²) in [6.45, 7) is 2.50. The van der Waals surface area contributed by atoms with E-state index in [0.29, 0.717) is 35.5 Å². The molecule has 0 saturated carbocycles. The molecule has 1 N–H and O–H groups in total. The van der Waals surface area contributed by atoms with E-state index in [2.05, 4.69) is 22.3 Å². The Morgan fingerprint density at radius 2 is 1.89 bits per heavy atom. The molecule has 7 heteroatoms. The number of amides is 1. The Morgan fingerprint density at radius 3 is 2.75 bits per heavy atom. The van der Waals surface area contributed by atoms with E-state index in [4.69, 9.17) is 32.7 Å². The number of carbonyl (C=O) groups is 1. The van der Waals surface area contributed by atoms with Crippen LogP contribution in [0.4, 0.5) is 5.69 Å². The lowest BCUT2D eigenvalue weighted by molar-refractivity contribution is -0.117. The number of nitrogens with zero attached hydrogens (tertiary/aromatic N) is 1. The SMILES string of the molecule is O=C(CN1CCCC1c1ccc2c(c1)OCCCO2)Nc1cc(Cl)ccc1Cl. The van der Waals surface area contributed by atoms with E-state index in [1.165, 1.54) is 0 Å². The number of nitrogens with one attached hydrogen (secondary N) is 1. The van der Waals surface area contributed by atoms with Gasteiger partial charge in [0.05, 0.1) is 30.5 Å². The lowest BCUT2D eigenvalue weighted by atomic mass is 10.0. The van der Waals surface area contributed by atoms with Gasteiger partial charge in [-0.3, -0.25) is 9.69 Å². The van der Waals surface area contributed by atoms with E-state index in [1.807, 2.05) is 6.07 Å². The quantitative estimate of drug-likeness (QED) is 0.761. The number of likely N-dealkylation sites (tertiary alicyclic amines) is 1. The predicted molar refractivity (Wildman–Crippen MR) is 111 cm³/mol. The standard InChI is InChI=1S/C21H22Cl2N2O3/c22-15-5-6-16(23)17(12-15)24-21(26)13-25-8-1-3-18(25)14-4-7-19-20(11-14)28-10-2-9-27-19/h4-7,11-12,18H,1-3,8-10,13H2,(H,24,26). The van der Waals surface area contributed by atoms with E-state index in [9.17, 15) is 4.79 Å². The molecule has 1 amide bonds. The monoisotopic (exact) mass is 420 g/mol. The molecule has 28 heavy (non-hydrogen) atoms. The van der Waals surface area contributed by atoms with E-state index < -0.39 is 0 Å². The zero-order chi connectivity index (χ0) is 19.5. The van der Waals surface area contributed by atoms with Crippen LogP contribution >= 0.6 is 23.2 Å². The number of anilines is 1. The van der Waals surface area contributed by atoms with Gasteiger partial charge in [-0.2, -0.15) is 0 Å². The number of benzene rings is 2. The van der Waals surface area contributed by atoms with Crippen LogP contribution in [0.1, 0.15) is 30.9 Å². The van der Waals surface area contributed by atoms with Gasteiger partial charge in [0.15, 0.2) is 11.5 Å². The van der Waals surface area contributed by atoms with Crippen LogP contribution in [0, 0.1) is 0 Å². The van der Waals surface area contributed by atoms with Crippen LogP contribution in [-0.2, 0) is 4.79 Å². The molecule has 0 aromatic heterocycles. The molecule has 5 nitrogen and oxygen atoms in total. The number of hydrogen-bond acceptors (Lipinski definition) is 4. The van der Waals surface area contributed by atoms with Crippen LogP contribution in [0.25, 0.3) is 0 Å². The molecule has 1 fully saturated rings. The topological polar surface area (TPSA) is 50.8 Å². The molecule has 2 aromatic carbocycles. The molecule has 0 radical (unpaired) electrons. The molecule has 0 bridgehead atoms. The van der Waals surface area contributed by atoms with Crippen molar-refractivity contribution in [3.63, 3.8) is 0 Å². The molecule has 1 atom stereocenters. The minimum Gasteiger partial charge on any atom is -0.490 e. The lowest BCUT2D eigenvalue weighted by Crippen LogP contribution is -2.33. The number of carbonyl (C=O) groups excluding carboxylic acids is 1. The van der Waals surface area contributed by atoms with Gasteiger partial charge in [0.25, 0.3) is 0 Å². The fraction of sp³-hybridized carbons (Fsp3) is 0.381. The van der Waals surface area contributed by atoms with Gasteiger partial charge in [0, 0.05) is 17.5 Å². The van der Waals surface area contributed by atoms with Crippen LogP contribution in [0.5, 0.6) is 11.5 Å². The third-order valence-corrected chi connectivity index (χ3v) is 5.63. The van der Waals surface area contributed by atoms with Crippen molar-refractivity contribution in [3.05, 3.63) is 52.0 Å². The molecular formula is C21H22Cl2N2O3. The summed E-state index contributed by atoms with van der Waals surface area (Å²) in [5.41, 5.74) is 1.68. The number of fused-ring (bicyclic) bond motifs is 1. The van der Waals surface area contributed by atoms with Crippen LogP contribution in [-0.4, -0.2) is 37.1 Å². The molecule has 2 aliphatic rings. The maximum absolute atomic E-state index is 12.6. The van der Waals surface area contributed by atoms with Crippen LogP contribution in [0.2, 0.25) is 10.0 Å². The highest BCUT2D eigenvalue weighted by molar-refractivity contribution is 6.35. The molecule has 2 aliphatic heterocycles. The van der Waals surface area contributed by atoms with Crippen molar-refractivity contribution in [2.45, 2.75) is 25.3 Å². The average Bonchev–Trinajstić information content (AvgIpc) is 3.00. The Morgan fingerprint density at radius 1 is 1.07 bits per heavy atom. The van der Waals surface area contributed by atoms with Crippen molar-refractivity contribution < 1.29 is 14.3 Å². The fourth-order valence-electron chi connectivity index (χ4n) is 3.75. The molecule has 148 valence electrons. The largest absolute Gasteiger partial charge is 0.490 e. The van der Waals surface area contributed by atoms with Gasteiger partial charge in [0.2, 0.25) is 5.91 Å². The smallest absolute Gasteiger partial charge is 0.238 e. The first-order chi connectivity index (χ1) is 13.6. The van der Waals surface area contributed by atoms with Crippen LogP contribution < -0.4 is 14.8 Å². The number of ether oxygens (including phenoxy) is 2. The summed E-state index contributed by atoms with van der Waals surface area (Å²) in [6, 6.07) is 11.3. The summed E-state index contributed by atoms with van der Waals surface area (Å²) in [6.07, 6.45) is 2.93. The van der Waals surface area contributed by atoms with Gasteiger partial charge < -0.3 is 14.8 Å². The van der Waals surface area contributed by atoms with E-state index >= 15 is 0 Å². The molecule has 0 aliphatic carbocycles. The molecule has 4 rings (SSSR count). The summed E-state index contributed by atoms with van der Waals surface area (Å²) < 4.78 is 11.5. The summed E-state index contributed by atoms with van der Waals surface area (Å²) in [4.78, 5) is 14.8. The van der Waals surface area contributed by atoms with Crippen molar-refractivity contribution in [2.75, 3.05) is 31.6 Å². The van der Waals surface area contributed by atoms with Gasteiger partial charge in [-0.1, -0.05) is 29.3 Å². The summed E-state index contributed by atoms with van der Waals surface area (Å²) >= 11 is 12.2. The normalized spacial score (nSPS) is 19.3. The highest BCUT2D eigenvalue weighted by Gasteiger charge is 2.28. The second kappa shape index (κ2) is 8.60. The van der Waals surface area contributed by atoms with E-state index in [-0.39, 0.29) is 11.9 Å².